The van der Waals surface area contributed by atoms with E-state index in [4.69, 9.17) is 18.9 Å². The van der Waals surface area contributed by atoms with Crippen LogP contribution in [0.25, 0.3) is 33.4 Å². The van der Waals surface area contributed by atoms with Crippen molar-refractivity contribution in [2.75, 3.05) is 24.9 Å². The maximum atomic E-state index is 12.6. The Kier molecular flexibility index (Phi) is 9.63. The number of phenols is 2. The van der Waals surface area contributed by atoms with Gasteiger partial charge in [-0.15, -0.1) is 30.0 Å². The SMILES string of the molecule is COc1ccc2nn(-c3ccc(OC(=O)Nc4ccc(Cc5ccc(NC(=O)Oc6ccc(-n7nc8ccc(OC)cc8n7)c(O)c6)cc5)cc4)cc3O)nc2c1. The zero-order chi connectivity index (χ0) is 39.5. The van der Waals surface area contributed by atoms with Crippen molar-refractivity contribution < 1.29 is 38.7 Å². The van der Waals surface area contributed by atoms with Gasteiger partial charge in [-0.2, -0.15) is 0 Å². The van der Waals surface area contributed by atoms with Crippen LogP contribution in [0.1, 0.15) is 11.1 Å². The molecular formula is C41H32N8O8. The van der Waals surface area contributed by atoms with Gasteiger partial charge in [0, 0.05) is 35.6 Å². The number of phenolic OH excluding ortho intramolecular Hbond substituents is 2. The summed E-state index contributed by atoms with van der Waals surface area (Å²) in [4.78, 5) is 27.8. The largest absolute Gasteiger partial charge is 0.505 e. The fourth-order valence-corrected chi connectivity index (χ4v) is 5.88. The number of benzene rings is 6. The van der Waals surface area contributed by atoms with Crippen molar-refractivity contribution in [3.63, 3.8) is 0 Å². The van der Waals surface area contributed by atoms with Crippen LogP contribution in [0, 0.1) is 0 Å². The van der Waals surface area contributed by atoms with Crippen LogP contribution in [-0.2, 0) is 6.42 Å². The molecule has 0 radical (unpaired) electrons. The predicted octanol–water partition coefficient (Wildman–Crippen LogP) is 7.40. The lowest BCUT2D eigenvalue weighted by molar-refractivity contribution is 0.214. The van der Waals surface area contributed by atoms with Crippen LogP contribution in [0.3, 0.4) is 0 Å². The van der Waals surface area contributed by atoms with Crippen molar-refractivity contribution in [2.45, 2.75) is 6.42 Å². The molecule has 0 aliphatic carbocycles. The smallest absolute Gasteiger partial charge is 0.417 e. The lowest BCUT2D eigenvalue weighted by atomic mass is 10.0. The van der Waals surface area contributed by atoms with Gasteiger partial charge in [-0.3, -0.25) is 10.6 Å². The average Bonchev–Trinajstić information content (AvgIpc) is 3.83. The minimum atomic E-state index is -0.734. The molecule has 16 nitrogen and oxygen atoms in total. The van der Waals surface area contributed by atoms with Crippen molar-refractivity contribution in [1.82, 2.24) is 30.0 Å². The highest BCUT2D eigenvalue weighted by molar-refractivity contribution is 5.87. The number of anilines is 2. The Morgan fingerprint density at radius 3 is 1.28 bits per heavy atom. The lowest BCUT2D eigenvalue weighted by Crippen LogP contribution is -2.16. The van der Waals surface area contributed by atoms with E-state index in [1.807, 2.05) is 24.3 Å². The van der Waals surface area contributed by atoms with E-state index in [0.29, 0.717) is 62.7 Å². The third-order valence-electron chi connectivity index (χ3n) is 8.73. The number of nitrogens with one attached hydrogen (secondary N) is 2. The Morgan fingerprint density at radius 1 is 0.509 bits per heavy atom. The van der Waals surface area contributed by atoms with E-state index in [1.54, 1.807) is 87.0 Å². The monoisotopic (exact) mass is 764 g/mol. The number of ether oxygens (including phenoxy) is 4. The number of rotatable bonds is 10. The lowest BCUT2D eigenvalue weighted by Gasteiger charge is -2.10. The van der Waals surface area contributed by atoms with Crippen LogP contribution >= 0.6 is 0 Å². The summed E-state index contributed by atoms with van der Waals surface area (Å²) >= 11 is 0. The molecule has 4 N–H and O–H groups in total. The second-order valence-corrected chi connectivity index (χ2v) is 12.6. The number of amides is 2. The van der Waals surface area contributed by atoms with Gasteiger partial charge in [0.1, 0.15) is 67.9 Å². The van der Waals surface area contributed by atoms with Gasteiger partial charge in [0.25, 0.3) is 0 Å². The van der Waals surface area contributed by atoms with Crippen molar-refractivity contribution in [3.05, 3.63) is 132 Å². The molecule has 16 heteroatoms. The number of aromatic nitrogens is 6. The molecule has 0 bridgehead atoms. The number of nitrogens with zero attached hydrogens (tertiary/aromatic N) is 6. The number of methoxy groups -OCH3 is 2. The molecule has 57 heavy (non-hydrogen) atoms. The van der Waals surface area contributed by atoms with Gasteiger partial charge >= 0.3 is 12.2 Å². The first-order valence-electron chi connectivity index (χ1n) is 17.3. The number of carbonyl (C=O) groups excluding carboxylic acids is 2. The number of aromatic hydroxyl groups is 2. The first kappa shape index (κ1) is 35.9. The van der Waals surface area contributed by atoms with E-state index in [1.165, 1.54) is 33.9 Å². The fraction of sp³-hybridized carbons (Fsp3) is 0.0732. The van der Waals surface area contributed by atoms with Gasteiger partial charge in [-0.25, -0.2) is 9.59 Å². The summed E-state index contributed by atoms with van der Waals surface area (Å²) in [5, 5.41) is 44.2. The van der Waals surface area contributed by atoms with E-state index in [0.717, 1.165) is 11.1 Å². The first-order valence-corrected chi connectivity index (χ1v) is 17.3. The molecule has 2 heterocycles. The molecule has 0 aliphatic heterocycles. The second kappa shape index (κ2) is 15.3. The highest BCUT2D eigenvalue weighted by Gasteiger charge is 2.15. The zero-order valence-corrected chi connectivity index (χ0v) is 30.3. The molecule has 284 valence electrons. The zero-order valence-electron chi connectivity index (χ0n) is 30.3. The Bertz CT molecular complexity index is 2580. The van der Waals surface area contributed by atoms with Gasteiger partial charge in [-0.05, 0) is 90.3 Å². The third-order valence-corrected chi connectivity index (χ3v) is 8.73. The summed E-state index contributed by atoms with van der Waals surface area (Å²) in [6, 6.07) is 33.8. The quantitative estimate of drug-likeness (QED) is 0.108. The van der Waals surface area contributed by atoms with E-state index in [-0.39, 0.29) is 23.0 Å². The van der Waals surface area contributed by atoms with Crippen LogP contribution in [0.5, 0.6) is 34.5 Å². The summed E-state index contributed by atoms with van der Waals surface area (Å²) < 4.78 is 21.2. The minimum Gasteiger partial charge on any atom is -0.505 e. The fourth-order valence-electron chi connectivity index (χ4n) is 5.88. The Balaban J connectivity index is 0.815. The molecule has 0 unspecified atom stereocenters. The van der Waals surface area contributed by atoms with Crippen LogP contribution in [0.4, 0.5) is 21.0 Å². The first-order chi connectivity index (χ1) is 27.7. The van der Waals surface area contributed by atoms with E-state index in [2.05, 4.69) is 31.0 Å². The minimum absolute atomic E-state index is 0.128. The molecule has 0 saturated heterocycles. The van der Waals surface area contributed by atoms with Crippen molar-refractivity contribution in [3.8, 4) is 45.9 Å². The number of hydrogen-bond acceptors (Lipinski definition) is 12. The van der Waals surface area contributed by atoms with Gasteiger partial charge in [0.15, 0.2) is 0 Å². The summed E-state index contributed by atoms with van der Waals surface area (Å²) in [6.07, 6.45) is -0.875. The Labute approximate surface area is 323 Å². The highest BCUT2D eigenvalue weighted by Crippen LogP contribution is 2.30. The normalized spacial score (nSPS) is 11.0. The number of hydrogen-bond donors (Lipinski definition) is 4. The van der Waals surface area contributed by atoms with Gasteiger partial charge in [0.05, 0.1) is 14.2 Å². The summed E-state index contributed by atoms with van der Waals surface area (Å²) in [5.41, 5.74) is 6.04. The molecule has 0 saturated carbocycles. The molecule has 0 atom stereocenters. The van der Waals surface area contributed by atoms with Gasteiger partial charge in [-0.1, -0.05) is 24.3 Å². The summed E-state index contributed by atoms with van der Waals surface area (Å²) in [7, 11) is 3.12. The van der Waals surface area contributed by atoms with Crippen molar-refractivity contribution >= 4 is 45.6 Å². The van der Waals surface area contributed by atoms with Gasteiger partial charge in [0.2, 0.25) is 0 Å². The third kappa shape index (κ3) is 8.04. The molecule has 6 aromatic carbocycles. The molecule has 0 fully saturated rings. The van der Waals surface area contributed by atoms with Crippen LogP contribution in [0.2, 0.25) is 0 Å². The van der Waals surface area contributed by atoms with E-state index in [9.17, 15) is 19.8 Å². The Morgan fingerprint density at radius 2 is 0.895 bits per heavy atom. The maximum Gasteiger partial charge on any atom is 0.417 e. The van der Waals surface area contributed by atoms with Crippen LogP contribution < -0.4 is 29.6 Å². The van der Waals surface area contributed by atoms with Crippen LogP contribution in [0.15, 0.2) is 121 Å². The molecule has 2 amide bonds. The predicted molar refractivity (Wildman–Crippen MR) is 209 cm³/mol. The maximum absolute atomic E-state index is 12.6. The van der Waals surface area contributed by atoms with E-state index < -0.39 is 12.2 Å². The van der Waals surface area contributed by atoms with Crippen molar-refractivity contribution in [2.24, 2.45) is 0 Å². The summed E-state index contributed by atoms with van der Waals surface area (Å²) in [5.74, 6) is 1.17. The molecule has 8 aromatic rings. The second-order valence-electron chi connectivity index (χ2n) is 12.6. The van der Waals surface area contributed by atoms with Crippen molar-refractivity contribution in [1.29, 1.82) is 0 Å². The van der Waals surface area contributed by atoms with E-state index >= 15 is 0 Å². The standard InChI is InChI=1S/C41H32N8O8/c1-54-28-11-15-32-34(20-28)46-48(44-32)36-17-13-30(22-38(36)50)56-40(52)42-26-7-3-24(4-8-26)19-25-5-9-27(10-6-25)43-41(53)57-31-14-18-37(39(51)23-31)49-45-33-16-12-29(55-2)21-35(33)47-49/h3-18,20-23,50-51H,19H2,1-2H3,(H,42,52)(H,43,53). The molecule has 2 aromatic heterocycles. The average molecular weight is 765 g/mol. The number of carbonyl (C=O) groups is 2. The molecular weight excluding hydrogens is 732 g/mol. The molecule has 8 rings (SSSR count). The molecule has 0 spiro atoms. The van der Waals surface area contributed by atoms with Crippen LogP contribution in [-0.4, -0.2) is 66.6 Å². The number of fused-ring (bicyclic) bond motifs is 2. The Hall–Kier alpha value is -8.14. The summed E-state index contributed by atoms with van der Waals surface area (Å²) in [6.45, 7) is 0. The molecule has 0 aliphatic rings. The van der Waals surface area contributed by atoms with Gasteiger partial charge < -0.3 is 29.2 Å². The highest BCUT2D eigenvalue weighted by atomic mass is 16.6. The topological polar surface area (TPSA) is 197 Å².